The largest absolute Gasteiger partial charge is 0.508 e. The van der Waals surface area contributed by atoms with Crippen molar-refractivity contribution in [2.75, 3.05) is 0 Å². The van der Waals surface area contributed by atoms with Gasteiger partial charge >= 0.3 is 0 Å². The van der Waals surface area contributed by atoms with E-state index in [0.717, 1.165) is 22.2 Å². The first-order chi connectivity index (χ1) is 8.34. The van der Waals surface area contributed by atoms with Crippen molar-refractivity contribution in [1.82, 2.24) is 9.97 Å². The smallest absolute Gasteiger partial charge is 0.117 e. The zero-order valence-corrected chi connectivity index (χ0v) is 9.04. The van der Waals surface area contributed by atoms with Crippen LogP contribution >= 0.6 is 0 Å². The van der Waals surface area contributed by atoms with Gasteiger partial charge in [0.2, 0.25) is 0 Å². The van der Waals surface area contributed by atoms with E-state index in [9.17, 15) is 5.11 Å². The van der Waals surface area contributed by atoms with Crippen LogP contribution in [-0.2, 0) is 0 Å². The number of phenolic OH excluding ortho intramolecular Hbond substituents is 1. The molecule has 0 amide bonds. The number of aromatic nitrogens is 2. The Bertz CT molecular complexity index is 665. The lowest BCUT2D eigenvalue weighted by Gasteiger charge is -2.05. The van der Waals surface area contributed by atoms with E-state index in [0.29, 0.717) is 0 Å². The molecule has 0 aliphatic rings. The Morgan fingerprint density at radius 3 is 2.53 bits per heavy atom. The molecule has 1 heterocycles. The summed E-state index contributed by atoms with van der Waals surface area (Å²) < 4.78 is 0. The Kier molecular flexibility index (Phi) is 2.22. The molecule has 3 heteroatoms. The molecule has 3 nitrogen and oxygen atoms in total. The Hall–Kier alpha value is -2.42. The van der Waals surface area contributed by atoms with Gasteiger partial charge in [-0.15, -0.1) is 0 Å². The van der Waals surface area contributed by atoms with E-state index >= 15 is 0 Å². The summed E-state index contributed by atoms with van der Waals surface area (Å²) in [6.45, 7) is 0. The summed E-state index contributed by atoms with van der Waals surface area (Å²) in [5.41, 5.74) is 2.68. The maximum Gasteiger partial charge on any atom is 0.117 e. The molecule has 0 unspecified atom stereocenters. The van der Waals surface area contributed by atoms with Crippen molar-refractivity contribution in [3.05, 3.63) is 54.9 Å². The molecule has 3 rings (SSSR count). The fraction of sp³-hybridized carbons (Fsp3) is 0. The highest BCUT2D eigenvalue weighted by Gasteiger charge is 2.05. The van der Waals surface area contributed by atoms with Crippen molar-refractivity contribution in [1.29, 1.82) is 0 Å². The van der Waals surface area contributed by atoms with Crippen molar-refractivity contribution in [3.63, 3.8) is 0 Å². The second-order valence-electron chi connectivity index (χ2n) is 3.79. The van der Waals surface area contributed by atoms with Gasteiger partial charge in [0.15, 0.2) is 0 Å². The molecule has 17 heavy (non-hydrogen) atoms. The van der Waals surface area contributed by atoms with E-state index in [2.05, 4.69) is 9.97 Å². The third kappa shape index (κ3) is 1.72. The topological polar surface area (TPSA) is 46.0 Å². The van der Waals surface area contributed by atoms with E-state index in [1.165, 1.54) is 6.33 Å². The van der Waals surface area contributed by atoms with Crippen molar-refractivity contribution >= 4 is 10.9 Å². The van der Waals surface area contributed by atoms with Crippen molar-refractivity contribution < 1.29 is 5.11 Å². The number of rotatable bonds is 1. The van der Waals surface area contributed by atoms with Crippen LogP contribution in [0.2, 0.25) is 0 Å². The molecule has 0 saturated heterocycles. The van der Waals surface area contributed by atoms with Crippen molar-refractivity contribution in [2.45, 2.75) is 0 Å². The molecule has 2 aromatic carbocycles. The van der Waals surface area contributed by atoms with E-state index in [4.69, 9.17) is 0 Å². The molecule has 0 spiro atoms. The van der Waals surface area contributed by atoms with E-state index in [-0.39, 0.29) is 5.75 Å². The Morgan fingerprint density at radius 1 is 0.882 bits per heavy atom. The quantitative estimate of drug-likeness (QED) is 0.688. The number of phenols is 1. The van der Waals surface area contributed by atoms with Crippen molar-refractivity contribution in [2.24, 2.45) is 0 Å². The van der Waals surface area contributed by atoms with Crippen molar-refractivity contribution in [3.8, 4) is 17.0 Å². The number of nitrogens with zero attached hydrogens (tertiary/aromatic N) is 2. The van der Waals surface area contributed by atoms with Crippen LogP contribution in [0.5, 0.6) is 5.75 Å². The van der Waals surface area contributed by atoms with Gasteiger partial charge in [-0.2, -0.15) is 0 Å². The fourth-order valence-electron chi connectivity index (χ4n) is 1.87. The minimum absolute atomic E-state index is 0.218. The molecule has 82 valence electrons. The zero-order valence-electron chi connectivity index (χ0n) is 9.04. The van der Waals surface area contributed by atoms with Gasteiger partial charge in [0.05, 0.1) is 11.2 Å². The first kappa shape index (κ1) is 9.78. The van der Waals surface area contributed by atoms with Crippen LogP contribution in [0, 0.1) is 0 Å². The van der Waals surface area contributed by atoms with Gasteiger partial charge in [-0.25, -0.2) is 9.97 Å². The molecule has 0 aliphatic carbocycles. The molecule has 1 N–H and O–H groups in total. The van der Waals surface area contributed by atoms with E-state index in [1.54, 1.807) is 12.1 Å². The van der Waals surface area contributed by atoms with Gasteiger partial charge in [0.1, 0.15) is 12.1 Å². The average Bonchev–Trinajstić information content (AvgIpc) is 2.39. The number of hydrogen-bond acceptors (Lipinski definition) is 3. The van der Waals surface area contributed by atoms with Crippen LogP contribution in [-0.4, -0.2) is 15.1 Å². The predicted octanol–water partition coefficient (Wildman–Crippen LogP) is 3.00. The molecule has 0 fully saturated rings. The lowest BCUT2D eigenvalue weighted by Crippen LogP contribution is -1.88. The minimum Gasteiger partial charge on any atom is -0.508 e. The van der Waals surface area contributed by atoms with Gasteiger partial charge in [0, 0.05) is 17.0 Å². The van der Waals surface area contributed by atoms with Crippen LogP contribution in [0.3, 0.4) is 0 Å². The summed E-state index contributed by atoms with van der Waals surface area (Å²) in [5.74, 6) is 0.218. The molecule has 0 aliphatic heterocycles. The Balaban J connectivity index is 2.31. The molecule has 0 bridgehead atoms. The molecular weight excluding hydrogens is 212 g/mol. The molecule has 1 aromatic heterocycles. The lowest BCUT2D eigenvalue weighted by molar-refractivity contribution is 0.476. The summed E-state index contributed by atoms with van der Waals surface area (Å²) >= 11 is 0. The number of fused-ring (bicyclic) bond motifs is 1. The second kappa shape index (κ2) is 3.87. The molecule has 0 saturated carbocycles. The third-order valence-corrected chi connectivity index (χ3v) is 2.67. The predicted molar refractivity (Wildman–Crippen MR) is 66.6 cm³/mol. The zero-order chi connectivity index (χ0) is 11.7. The third-order valence-electron chi connectivity index (χ3n) is 2.67. The summed E-state index contributed by atoms with van der Waals surface area (Å²) in [6.07, 6.45) is 1.52. The maximum absolute atomic E-state index is 9.43. The van der Waals surface area contributed by atoms with Crippen LogP contribution < -0.4 is 0 Å². The highest BCUT2D eigenvalue weighted by molar-refractivity contribution is 5.92. The summed E-state index contributed by atoms with van der Waals surface area (Å²) in [7, 11) is 0. The maximum atomic E-state index is 9.43. The summed E-state index contributed by atoms with van der Waals surface area (Å²) in [6, 6.07) is 15.1. The SMILES string of the molecule is Oc1ccc2c(-c3ccccc3)ncnc2c1. The van der Waals surface area contributed by atoms with E-state index in [1.807, 2.05) is 36.4 Å². The first-order valence-electron chi connectivity index (χ1n) is 5.34. The second-order valence-corrected chi connectivity index (χ2v) is 3.79. The van der Waals surface area contributed by atoms with Gasteiger partial charge in [0.25, 0.3) is 0 Å². The van der Waals surface area contributed by atoms with Crippen LogP contribution in [0.1, 0.15) is 0 Å². The molecule has 3 aromatic rings. The normalized spacial score (nSPS) is 10.6. The van der Waals surface area contributed by atoms with Gasteiger partial charge < -0.3 is 5.11 Å². The lowest BCUT2D eigenvalue weighted by atomic mass is 10.1. The standard InChI is InChI=1S/C14H10N2O/c17-11-6-7-12-13(8-11)15-9-16-14(12)10-4-2-1-3-5-10/h1-9,17H. The van der Waals surface area contributed by atoms with Gasteiger partial charge in [-0.3, -0.25) is 0 Å². The first-order valence-corrected chi connectivity index (χ1v) is 5.34. The fourth-order valence-corrected chi connectivity index (χ4v) is 1.87. The van der Waals surface area contributed by atoms with Crippen LogP contribution in [0.25, 0.3) is 22.2 Å². The Morgan fingerprint density at radius 2 is 1.71 bits per heavy atom. The number of aromatic hydroxyl groups is 1. The van der Waals surface area contributed by atoms with Gasteiger partial charge in [-0.1, -0.05) is 30.3 Å². The Labute approximate surface area is 98.4 Å². The van der Waals surface area contributed by atoms with Gasteiger partial charge in [-0.05, 0) is 12.1 Å². The number of hydrogen-bond donors (Lipinski definition) is 1. The minimum atomic E-state index is 0.218. The average molecular weight is 222 g/mol. The van der Waals surface area contributed by atoms with E-state index < -0.39 is 0 Å². The number of benzene rings is 2. The summed E-state index contributed by atoms with van der Waals surface area (Å²) in [5, 5.41) is 10.4. The molecular formula is C14H10N2O. The monoisotopic (exact) mass is 222 g/mol. The molecule has 0 atom stereocenters. The highest BCUT2D eigenvalue weighted by atomic mass is 16.3. The molecule has 0 radical (unpaired) electrons. The highest BCUT2D eigenvalue weighted by Crippen LogP contribution is 2.26. The summed E-state index contributed by atoms with van der Waals surface area (Å²) in [4.78, 5) is 8.47. The van der Waals surface area contributed by atoms with Crippen LogP contribution in [0.4, 0.5) is 0 Å². The van der Waals surface area contributed by atoms with Crippen LogP contribution in [0.15, 0.2) is 54.9 Å².